The third-order valence-corrected chi connectivity index (χ3v) is 4.08. The lowest BCUT2D eigenvalue weighted by atomic mass is 10.2. The second kappa shape index (κ2) is 5.96. The largest absolute Gasteiger partial charge is 0.444 e. The van der Waals surface area contributed by atoms with Crippen LogP contribution in [0.4, 0.5) is 10.6 Å². The van der Waals surface area contributed by atoms with Crippen LogP contribution in [0.25, 0.3) is 10.9 Å². The second-order valence-electron chi connectivity index (χ2n) is 6.84. The van der Waals surface area contributed by atoms with Crippen molar-refractivity contribution in [1.29, 1.82) is 0 Å². The number of carbonyl (C=O) groups excluding carboxylic acids is 1. The second-order valence-corrected chi connectivity index (χ2v) is 7.28. The summed E-state index contributed by atoms with van der Waals surface area (Å²) in [5.74, 6) is 1.06. The molecule has 1 saturated heterocycles. The highest BCUT2D eigenvalue weighted by molar-refractivity contribution is 6.31. The molecule has 0 aliphatic carbocycles. The molecule has 124 valence electrons. The van der Waals surface area contributed by atoms with Crippen LogP contribution in [0.1, 0.15) is 20.8 Å². The Bertz CT molecular complexity index is 712. The third-order valence-electron chi connectivity index (χ3n) is 3.84. The maximum atomic E-state index is 12.1. The fraction of sp³-hybridized carbons (Fsp3) is 0.471. The fourth-order valence-corrected chi connectivity index (χ4v) is 2.90. The molecule has 1 N–H and O–H groups in total. The Morgan fingerprint density at radius 3 is 2.52 bits per heavy atom. The van der Waals surface area contributed by atoms with Gasteiger partial charge in [-0.3, -0.25) is 0 Å². The molecule has 1 aliphatic heterocycles. The van der Waals surface area contributed by atoms with E-state index in [-0.39, 0.29) is 6.09 Å². The van der Waals surface area contributed by atoms with Gasteiger partial charge in [-0.1, -0.05) is 11.6 Å². The van der Waals surface area contributed by atoms with Gasteiger partial charge < -0.3 is 19.5 Å². The molecule has 0 bridgehead atoms. The summed E-state index contributed by atoms with van der Waals surface area (Å²) < 4.78 is 5.43. The number of ether oxygens (including phenoxy) is 1. The van der Waals surface area contributed by atoms with Crippen molar-refractivity contribution in [2.75, 3.05) is 31.1 Å². The first-order valence-electron chi connectivity index (χ1n) is 7.83. The van der Waals surface area contributed by atoms with E-state index < -0.39 is 5.60 Å². The summed E-state index contributed by atoms with van der Waals surface area (Å²) in [5.41, 5.74) is 0.615. The Morgan fingerprint density at radius 2 is 1.87 bits per heavy atom. The molecule has 0 unspecified atom stereocenters. The summed E-state index contributed by atoms with van der Waals surface area (Å²) in [6.07, 6.45) is -0.236. The Hall–Kier alpha value is -1.88. The van der Waals surface area contributed by atoms with Crippen molar-refractivity contribution in [3.63, 3.8) is 0 Å². The highest BCUT2D eigenvalue weighted by Gasteiger charge is 2.26. The minimum atomic E-state index is -0.454. The fourth-order valence-electron chi connectivity index (χ4n) is 2.71. The van der Waals surface area contributed by atoms with Crippen molar-refractivity contribution in [3.05, 3.63) is 29.3 Å². The van der Waals surface area contributed by atoms with Crippen LogP contribution in [0, 0.1) is 0 Å². The lowest BCUT2D eigenvalue weighted by Crippen LogP contribution is -2.50. The Balaban J connectivity index is 1.65. The van der Waals surface area contributed by atoms with Crippen LogP contribution in [0.2, 0.25) is 5.02 Å². The number of anilines is 1. The smallest absolute Gasteiger partial charge is 0.410 e. The van der Waals surface area contributed by atoms with Gasteiger partial charge in [-0.25, -0.2) is 4.79 Å². The number of aromatic nitrogens is 1. The van der Waals surface area contributed by atoms with Gasteiger partial charge in [-0.05, 0) is 45.0 Å². The number of aromatic amines is 1. The lowest BCUT2D eigenvalue weighted by Gasteiger charge is -2.36. The average molecular weight is 336 g/mol. The number of nitrogens with one attached hydrogen (secondary N) is 1. The number of piperazine rings is 1. The van der Waals surface area contributed by atoms with Crippen LogP contribution in [-0.4, -0.2) is 47.8 Å². The first kappa shape index (κ1) is 16.0. The number of rotatable bonds is 1. The predicted molar refractivity (Wildman–Crippen MR) is 93.3 cm³/mol. The van der Waals surface area contributed by atoms with E-state index in [0.29, 0.717) is 13.1 Å². The van der Waals surface area contributed by atoms with Gasteiger partial charge in [0, 0.05) is 42.1 Å². The number of halogens is 1. The van der Waals surface area contributed by atoms with Crippen LogP contribution in [-0.2, 0) is 4.74 Å². The number of hydrogen-bond donors (Lipinski definition) is 1. The summed E-state index contributed by atoms with van der Waals surface area (Å²) in [4.78, 5) is 19.5. The van der Waals surface area contributed by atoms with Crippen LogP contribution >= 0.6 is 11.6 Å². The van der Waals surface area contributed by atoms with Gasteiger partial charge in [0.25, 0.3) is 0 Å². The summed E-state index contributed by atoms with van der Waals surface area (Å²) in [6, 6.07) is 7.92. The molecule has 0 atom stereocenters. The molecule has 6 heteroatoms. The van der Waals surface area contributed by atoms with E-state index in [2.05, 4.69) is 16.0 Å². The van der Waals surface area contributed by atoms with Crippen molar-refractivity contribution >= 4 is 34.4 Å². The number of hydrogen-bond acceptors (Lipinski definition) is 3. The Kier molecular flexibility index (Phi) is 4.15. The number of amides is 1. The standard InChI is InChI=1S/C17H22ClN3O2/c1-17(2,3)23-16(22)21-8-6-20(7-9-21)15-11-12-10-13(18)4-5-14(12)19-15/h4-5,10-11,19H,6-9H2,1-3H3. The van der Waals surface area contributed by atoms with E-state index in [4.69, 9.17) is 16.3 Å². The van der Waals surface area contributed by atoms with Gasteiger partial charge in [0.05, 0.1) is 0 Å². The summed E-state index contributed by atoms with van der Waals surface area (Å²) in [6.45, 7) is 8.53. The minimum Gasteiger partial charge on any atom is -0.444 e. The topological polar surface area (TPSA) is 48.6 Å². The van der Waals surface area contributed by atoms with E-state index >= 15 is 0 Å². The first-order valence-corrected chi connectivity index (χ1v) is 8.21. The molecule has 23 heavy (non-hydrogen) atoms. The minimum absolute atomic E-state index is 0.236. The first-order chi connectivity index (χ1) is 10.8. The Labute approximate surface area is 141 Å². The molecule has 1 fully saturated rings. The molecular formula is C17H22ClN3O2. The highest BCUT2D eigenvalue weighted by atomic mass is 35.5. The summed E-state index contributed by atoms with van der Waals surface area (Å²) in [7, 11) is 0. The quantitative estimate of drug-likeness (QED) is 0.860. The maximum absolute atomic E-state index is 12.1. The van der Waals surface area contributed by atoms with Crippen LogP contribution < -0.4 is 4.90 Å². The predicted octanol–water partition coefficient (Wildman–Crippen LogP) is 3.88. The molecule has 1 aliphatic rings. The normalized spacial score (nSPS) is 16.0. The van der Waals surface area contributed by atoms with Crippen LogP contribution in [0.15, 0.2) is 24.3 Å². The monoisotopic (exact) mass is 335 g/mol. The van der Waals surface area contributed by atoms with Crippen molar-refractivity contribution < 1.29 is 9.53 Å². The zero-order chi connectivity index (χ0) is 16.6. The molecule has 1 amide bonds. The van der Waals surface area contributed by atoms with Gasteiger partial charge in [-0.15, -0.1) is 0 Å². The van der Waals surface area contributed by atoms with Crippen LogP contribution in [0.5, 0.6) is 0 Å². The van der Waals surface area contributed by atoms with Crippen molar-refractivity contribution in [2.45, 2.75) is 26.4 Å². The van der Waals surface area contributed by atoms with Gasteiger partial charge in [0.15, 0.2) is 0 Å². The number of nitrogens with zero attached hydrogens (tertiary/aromatic N) is 2. The number of H-pyrrole nitrogens is 1. The van der Waals surface area contributed by atoms with Gasteiger partial charge in [0.1, 0.15) is 11.4 Å². The number of fused-ring (bicyclic) bond motifs is 1. The van der Waals surface area contributed by atoms with Crippen LogP contribution in [0.3, 0.4) is 0 Å². The summed E-state index contributed by atoms with van der Waals surface area (Å²) >= 11 is 6.03. The highest BCUT2D eigenvalue weighted by Crippen LogP contribution is 2.25. The lowest BCUT2D eigenvalue weighted by molar-refractivity contribution is 0.0240. The zero-order valence-corrected chi connectivity index (χ0v) is 14.5. The molecule has 5 nitrogen and oxygen atoms in total. The number of carbonyl (C=O) groups is 1. The van der Waals surface area contributed by atoms with E-state index in [1.165, 1.54) is 0 Å². The zero-order valence-electron chi connectivity index (χ0n) is 13.7. The summed E-state index contributed by atoms with van der Waals surface area (Å²) in [5, 5.41) is 1.83. The molecule has 2 heterocycles. The molecule has 3 rings (SSSR count). The average Bonchev–Trinajstić information content (AvgIpc) is 2.88. The SMILES string of the molecule is CC(C)(C)OC(=O)N1CCN(c2cc3cc(Cl)ccc3[nH]2)CC1. The Morgan fingerprint density at radius 1 is 1.17 bits per heavy atom. The molecule has 0 saturated carbocycles. The number of benzene rings is 1. The van der Waals surface area contributed by atoms with Crippen molar-refractivity contribution in [2.24, 2.45) is 0 Å². The van der Waals surface area contributed by atoms with E-state index in [1.807, 2.05) is 39.0 Å². The van der Waals surface area contributed by atoms with E-state index in [0.717, 1.165) is 34.8 Å². The van der Waals surface area contributed by atoms with Gasteiger partial charge >= 0.3 is 6.09 Å². The maximum Gasteiger partial charge on any atom is 0.410 e. The van der Waals surface area contributed by atoms with Gasteiger partial charge in [0.2, 0.25) is 0 Å². The van der Waals surface area contributed by atoms with E-state index in [1.54, 1.807) is 4.90 Å². The van der Waals surface area contributed by atoms with Crippen molar-refractivity contribution in [1.82, 2.24) is 9.88 Å². The molecule has 1 aromatic heterocycles. The molecular weight excluding hydrogens is 314 g/mol. The molecule has 1 aromatic carbocycles. The molecule has 0 radical (unpaired) electrons. The van der Waals surface area contributed by atoms with Crippen molar-refractivity contribution in [3.8, 4) is 0 Å². The third kappa shape index (κ3) is 3.72. The molecule has 2 aromatic rings. The molecule has 0 spiro atoms. The van der Waals surface area contributed by atoms with Gasteiger partial charge in [-0.2, -0.15) is 0 Å². The van der Waals surface area contributed by atoms with E-state index in [9.17, 15) is 4.79 Å².